The van der Waals surface area contributed by atoms with Gasteiger partial charge in [0.2, 0.25) is 0 Å². The molecular formula is C30H34BClFNO4. The van der Waals surface area contributed by atoms with Crippen molar-refractivity contribution in [3.05, 3.63) is 94.3 Å². The summed E-state index contributed by atoms with van der Waals surface area (Å²) >= 11 is 6.71. The SMILES string of the molecule is CNC[C@]1(c2ccccc2)Oc2cc(F)c(Cl)c(B3OC(C)(C)C(C)(C)O3)c2[C@@H]1COCc1ccccc1. The van der Waals surface area contributed by atoms with Gasteiger partial charge in [-0.15, -0.1) is 0 Å². The van der Waals surface area contributed by atoms with Gasteiger partial charge in [0.1, 0.15) is 11.6 Å². The highest BCUT2D eigenvalue weighted by molar-refractivity contribution is 6.66. The van der Waals surface area contributed by atoms with E-state index in [1.54, 1.807) is 0 Å². The average Bonchev–Trinajstić information content (AvgIpc) is 3.30. The third-order valence-corrected chi connectivity index (χ3v) is 8.43. The molecule has 200 valence electrons. The fourth-order valence-electron chi connectivity index (χ4n) is 5.36. The number of benzene rings is 3. The predicted molar refractivity (Wildman–Crippen MR) is 149 cm³/mol. The van der Waals surface area contributed by atoms with Crippen LogP contribution in [-0.4, -0.2) is 38.5 Å². The first-order chi connectivity index (χ1) is 18.1. The summed E-state index contributed by atoms with van der Waals surface area (Å²) in [6.45, 7) is 9.07. The Balaban J connectivity index is 1.63. The lowest BCUT2D eigenvalue weighted by Crippen LogP contribution is -2.47. The van der Waals surface area contributed by atoms with Crippen LogP contribution in [0.3, 0.4) is 0 Å². The molecule has 2 atom stereocenters. The lowest BCUT2D eigenvalue weighted by atomic mass is 9.69. The van der Waals surface area contributed by atoms with Crippen LogP contribution in [0.4, 0.5) is 4.39 Å². The van der Waals surface area contributed by atoms with Crippen LogP contribution in [0.25, 0.3) is 0 Å². The second kappa shape index (κ2) is 10.3. The zero-order valence-corrected chi connectivity index (χ0v) is 23.3. The quantitative estimate of drug-likeness (QED) is 0.380. The van der Waals surface area contributed by atoms with Crippen LogP contribution in [0.1, 0.15) is 50.3 Å². The Hall–Kier alpha value is -2.42. The van der Waals surface area contributed by atoms with E-state index in [4.69, 9.17) is 30.4 Å². The van der Waals surface area contributed by atoms with Crippen LogP contribution in [0.15, 0.2) is 66.7 Å². The first-order valence-electron chi connectivity index (χ1n) is 13.0. The van der Waals surface area contributed by atoms with E-state index in [0.29, 0.717) is 31.0 Å². The van der Waals surface area contributed by atoms with E-state index in [9.17, 15) is 0 Å². The maximum atomic E-state index is 15.3. The fourth-order valence-corrected chi connectivity index (χ4v) is 5.61. The van der Waals surface area contributed by atoms with Crippen molar-refractivity contribution in [2.45, 2.75) is 57.0 Å². The normalized spacial score (nSPS) is 23.3. The minimum absolute atomic E-state index is 0.0211. The Morgan fingerprint density at radius 2 is 1.58 bits per heavy atom. The molecular weight excluding hydrogens is 504 g/mol. The number of halogens is 2. The Labute approximate surface area is 229 Å². The fraction of sp³-hybridized carbons (Fsp3) is 0.400. The monoisotopic (exact) mass is 537 g/mol. The van der Waals surface area contributed by atoms with E-state index in [1.165, 1.54) is 6.07 Å². The summed E-state index contributed by atoms with van der Waals surface area (Å²) in [7, 11) is 1.01. The highest BCUT2D eigenvalue weighted by atomic mass is 35.5. The second-order valence-corrected chi connectivity index (χ2v) is 11.4. The van der Waals surface area contributed by atoms with Gasteiger partial charge in [-0.2, -0.15) is 0 Å². The Kier molecular flexibility index (Phi) is 7.35. The van der Waals surface area contributed by atoms with Crippen LogP contribution in [0.5, 0.6) is 5.75 Å². The van der Waals surface area contributed by atoms with Gasteiger partial charge in [-0.3, -0.25) is 0 Å². The number of hydrogen-bond acceptors (Lipinski definition) is 5. The summed E-state index contributed by atoms with van der Waals surface area (Å²) in [5.74, 6) is -0.486. The summed E-state index contributed by atoms with van der Waals surface area (Å²) < 4.78 is 41.2. The van der Waals surface area contributed by atoms with Crippen molar-refractivity contribution in [2.24, 2.45) is 0 Å². The molecule has 5 nitrogen and oxygen atoms in total. The zero-order chi connectivity index (χ0) is 27.1. The van der Waals surface area contributed by atoms with Crippen molar-refractivity contribution in [3.8, 4) is 5.75 Å². The van der Waals surface area contributed by atoms with E-state index in [2.05, 4.69) is 5.32 Å². The molecule has 0 aliphatic carbocycles. The molecule has 0 aromatic heterocycles. The van der Waals surface area contributed by atoms with Gasteiger partial charge >= 0.3 is 7.12 Å². The molecule has 0 unspecified atom stereocenters. The van der Waals surface area contributed by atoms with Crippen molar-refractivity contribution in [2.75, 3.05) is 20.2 Å². The second-order valence-electron chi connectivity index (χ2n) is 11.0. The van der Waals surface area contributed by atoms with Gasteiger partial charge in [-0.1, -0.05) is 72.3 Å². The van der Waals surface area contributed by atoms with E-state index < -0.39 is 29.7 Å². The highest BCUT2D eigenvalue weighted by Gasteiger charge is 2.57. The van der Waals surface area contributed by atoms with E-state index in [-0.39, 0.29) is 10.9 Å². The average molecular weight is 538 g/mol. The number of fused-ring (bicyclic) bond motifs is 1. The number of rotatable bonds is 8. The van der Waals surface area contributed by atoms with Crippen molar-refractivity contribution in [3.63, 3.8) is 0 Å². The summed E-state index contributed by atoms with van der Waals surface area (Å²) in [6, 6.07) is 21.3. The first-order valence-corrected chi connectivity index (χ1v) is 13.4. The van der Waals surface area contributed by atoms with Crippen LogP contribution in [-0.2, 0) is 26.3 Å². The predicted octanol–water partition coefficient (Wildman–Crippen LogP) is 5.59. The summed E-state index contributed by atoms with van der Waals surface area (Å²) in [4.78, 5) is 0. The lowest BCUT2D eigenvalue weighted by Gasteiger charge is -2.35. The Morgan fingerprint density at radius 3 is 2.18 bits per heavy atom. The molecule has 38 heavy (non-hydrogen) atoms. The van der Waals surface area contributed by atoms with Crippen LogP contribution < -0.4 is 15.5 Å². The largest absolute Gasteiger partial charge is 0.496 e. The number of nitrogens with one attached hydrogen (secondary N) is 1. The molecule has 1 saturated heterocycles. The molecule has 1 N–H and O–H groups in total. The number of hydrogen-bond donors (Lipinski definition) is 1. The highest BCUT2D eigenvalue weighted by Crippen LogP contribution is 2.52. The Bertz CT molecular complexity index is 1270. The third kappa shape index (κ3) is 4.65. The van der Waals surface area contributed by atoms with E-state index in [1.807, 2.05) is 95.4 Å². The molecule has 0 saturated carbocycles. The minimum Gasteiger partial charge on any atom is -0.480 e. The first kappa shape index (κ1) is 27.2. The Morgan fingerprint density at radius 1 is 0.974 bits per heavy atom. The van der Waals surface area contributed by atoms with Crippen LogP contribution in [0, 0.1) is 5.82 Å². The molecule has 2 heterocycles. The minimum atomic E-state index is -0.870. The molecule has 0 radical (unpaired) electrons. The van der Waals surface area contributed by atoms with Gasteiger partial charge in [0.15, 0.2) is 5.60 Å². The molecule has 3 aromatic carbocycles. The van der Waals surface area contributed by atoms with Gasteiger partial charge in [0, 0.05) is 23.6 Å². The molecule has 0 bridgehead atoms. The topological polar surface area (TPSA) is 49.0 Å². The van der Waals surface area contributed by atoms with Gasteiger partial charge < -0.3 is 24.1 Å². The third-order valence-electron chi connectivity index (χ3n) is 8.05. The van der Waals surface area contributed by atoms with E-state index in [0.717, 1.165) is 16.7 Å². The van der Waals surface area contributed by atoms with Gasteiger partial charge in [0.05, 0.1) is 35.4 Å². The molecule has 2 aliphatic heterocycles. The molecule has 0 amide bonds. The lowest BCUT2D eigenvalue weighted by molar-refractivity contribution is 0.00578. The maximum Gasteiger partial charge on any atom is 0.496 e. The molecule has 0 spiro atoms. The van der Waals surface area contributed by atoms with Crippen molar-refractivity contribution in [1.29, 1.82) is 0 Å². The summed E-state index contributed by atoms with van der Waals surface area (Å²) in [6.07, 6.45) is 0. The van der Waals surface area contributed by atoms with Gasteiger partial charge in [0.25, 0.3) is 0 Å². The van der Waals surface area contributed by atoms with Gasteiger partial charge in [-0.05, 0) is 45.9 Å². The maximum absolute atomic E-state index is 15.3. The standard InChI is InChI=1S/C30H34BClFNO4/c1-28(2)29(3,4)38-31(37-28)26-25-22(18-35-17-20-12-8-6-9-13-20)30(19-34-5,21-14-10-7-11-15-21)36-24(25)16-23(33)27(26)32/h6-16,22,34H,17-19H2,1-5H3/t22-,30+/m0/s1. The number of likely N-dealkylation sites (N-methyl/N-ethyl adjacent to an activating group) is 1. The molecule has 3 aromatic rings. The molecule has 8 heteroatoms. The number of ether oxygens (including phenoxy) is 2. The van der Waals surface area contributed by atoms with Crippen LogP contribution in [0.2, 0.25) is 5.02 Å². The zero-order valence-electron chi connectivity index (χ0n) is 22.5. The summed E-state index contributed by atoms with van der Waals surface area (Å²) in [5, 5.41) is 3.28. The molecule has 2 aliphatic rings. The van der Waals surface area contributed by atoms with E-state index >= 15 is 4.39 Å². The smallest absolute Gasteiger partial charge is 0.480 e. The summed E-state index contributed by atoms with van der Waals surface area (Å²) in [5.41, 5.74) is 1.11. The van der Waals surface area contributed by atoms with Crippen molar-refractivity contribution >= 4 is 24.2 Å². The van der Waals surface area contributed by atoms with Gasteiger partial charge in [-0.25, -0.2) is 4.39 Å². The molecule has 5 rings (SSSR count). The molecule has 1 fully saturated rings. The van der Waals surface area contributed by atoms with Crippen LogP contribution >= 0.6 is 11.6 Å². The van der Waals surface area contributed by atoms with Crippen molar-refractivity contribution < 1.29 is 23.2 Å². The van der Waals surface area contributed by atoms with Crippen molar-refractivity contribution in [1.82, 2.24) is 5.32 Å².